The second-order valence-corrected chi connectivity index (χ2v) is 3.48. The molecule has 0 aliphatic heterocycles. The Labute approximate surface area is 102 Å². The molecule has 0 radical (unpaired) electrons. The Bertz CT molecular complexity index is 377. The topological polar surface area (TPSA) is 51.2 Å². The van der Waals surface area contributed by atoms with Crippen molar-refractivity contribution < 1.29 is 18.3 Å². The number of rotatable bonds is 6. The Balaban J connectivity index is 2.29. The zero-order valence-corrected chi connectivity index (χ0v) is 9.58. The molecule has 0 atom stereocenters. The second-order valence-electron chi connectivity index (χ2n) is 3.08. The van der Waals surface area contributed by atoms with E-state index in [0.717, 1.165) is 0 Å². The van der Waals surface area contributed by atoms with Crippen molar-refractivity contribution >= 4 is 17.5 Å². The Kier molecular flexibility index (Phi) is 5.79. The molecule has 1 aromatic rings. The van der Waals surface area contributed by atoms with Crippen LogP contribution >= 0.6 is 11.6 Å². The Morgan fingerprint density at radius 3 is 3.00 bits per heavy atom. The number of ether oxygens (including phenoxy) is 1. The second kappa shape index (κ2) is 7.13. The number of nitrogens with zero attached hydrogens (tertiary/aromatic N) is 1. The van der Waals surface area contributed by atoms with Crippen molar-refractivity contribution in [3.8, 4) is 0 Å². The summed E-state index contributed by atoms with van der Waals surface area (Å²) in [5, 5.41) is 2.73. The third-order valence-electron chi connectivity index (χ3n) is 1.79. The first-order valence-corrected chi connectivity index (χ1v) is 5.22. The standard InChI is InChI=1S/C10H11ClF2N2O2/c11-8-5-14-2-1-7(8)10(16)15-3-4-17-6-9(12)13/h1-2,5,9H,3-4,6H2,(H,15,16). The molecule has 0 saturated carbocycles. The van der Waals surface area contributed by atoms with Crippen LogP contribution in [0, 0.1) is 0 Å². The van der Waals surface area contributed by atoms with Crippen LogP contribution in [0.25, 0.3) is 0 Å². The highest BCUT2D eigenvalue weighted by Gasteiger charge is 2.09. The summed E-state index contributed by atoms with van der Waals surface area (Å²) in [4.78, 5) is 15.3. The van der Waals surface area contributed by atoms with Crippen LogP contribution in [0.3, 0.4) is 0 Å². The van der Waals surface area contributed by atoms with Crippen LogP contribution in [0.4, 0.5) is 8.78 Å². The molecule has 17 heavy (non-hydrogen) atoms. The minimum absolute atomic E-state index is 0.0266. The first kappa shape index (κ1) is 13.8. The normalized spacial score (nSPS) is 10.6. The van der Waals surface area contributed by atoms with Gasteiger partial charge in [0.15, 0.2) is 0 Å². The fourth-order valence-corrected chi connectivity index (χ4v) is 1.27. The summed E-state index contributed by atoms with van der Waals surface area (Å²) in [6.07, 6.45) is 0.290. The monoisotopic (exact) mass is 264 g/mol. The van der Waals surface area contributed by atoms with Crippen molar-refractivity contribution in [3.05, 3.63) is 29.0 Å². The van der Waals surface area contributed by atoms with Gasteiger partial charge in [0.1, 0.15) is 6.61 Å². The molecule has 7 heteroatoms. The molecule has 1 heterocycles. The lowest BCUT2D eigenvalue weighted by molar-refractivity contribution is 0.0188. The lowest BCUT2D eigenvalue weighted by atomic mass is 10.2. The number of hydrogen-bond acceptors (Lipinski definition) is 3. The van der Waals surface area contributed by atoms with Gasteiger partial charge in [-0.3, -0.25) is 9.78 Å². The third-order valence-corrected chi connectivity index (χ3v) is 2.09. The molecule has 1 rings (SSSR count). The van der Waals surface area contributed by atoms with E-state index in [0.29, 0.717) is 0 Å². The highest BCUT2D eigenvalue weighted by Crippen LogP contribution is 2.12. The largest absolute Gasteiger partial charge is 0.374 e. The SMILES string of the molecule is O=C(NCCOCC(F)F)c1ccncc1Cl. The van der Waals surface area contributed by atoms with E-state index in [9.17, 15) is 13.6 Å². The summed E-state index contributed by atoms with van der Waals surface area (Å²) in [5.41, 5.74) is 0.288. The molecule has 0 spiro atoms. The number of aromatic nitrogens is 1. The van der Waals surface area contributed by atoms with Crippen LogP contribution in [0.5, 0.6) is 0 Å². The predicted molar refractivity (Wildman–Crippen MR) is 58.4 cm³/mol. The summed E-state index contributed by atoms with van der Waals surface area (Å²) in [7, 11) is 0. The van der Waals surface area contributed by atoms with Gasteiger partial charge >= 0.3 is 0 Å². The van der Waals surface area contributed by atoms with Crippen LogP contribution in [0.1, 0.15) is 10.4 Å². The molecule has 0 bridgehead atoms. The minimum atomic E-state index is -2.50. The summed E-state index contributed by atoms with van der Waals surface area (Å²) in [6.45, 7) is -0.463. The summed E-state index contributed by atoms with van der Waals surface area (Å²) >= 11 is 5.75. The fourth-order valence-electron chi connectivity index (χ4n) is 1.06. The zero-order chi connectivity index (χ0) is 12.7. The molecule has 0 aliphatic rings. The van der Waals surface area contributed by atoms with E-state index >= 15 is 0 Å². The quantitative estimate of drug-likeness (QED) is 0.797. The molecule has 1 amide bonds. The third kappa shape index (κ3) is 5.06. The van der Waals surface area contributed by atoms with Crippen LogP contribution in [-0.2, 0) is 4.74 Å². The molecule has 4 nitrogen and oxygen atoms in total. The molecule has 0 saturated heterocycles. The Hall–Kier alpha value is -1.27. The molecule has 94 valence electrons. The van der Waals surface area contributed by atoms with Gasteiger partial charge in [-0.15, -0.1) is 0 Å². The molecule has 0 aromatic carbocycles. The fraction of sp³-hybridized carbons (Fsp3) is 0.400. The molecule has 1 N–H and O–H groups in total. The van der Waals surface area contributed by atoms with Gasteiger partial charge in [-0.2, -0.15) is 0 Å². The molecule has 1 aromatic heterocycles. The average Bonchev–Trinajstić information content (AvgIpc) is 2.28. The van der Waals surface area contributed by atoms with Gasteiger partial charge in [0.2, 0.25) is 0 Å². The van der Waals surface area contributed by atoms with Gasteiger partial charge in [0.05, 0.1) is 17.2 Å². The lowest BCUT2D eigenvalue weighted by Crippen LogP contribution is -2.28. The van der Waals surface area contributed by atoms with Gasteiger partial charge in [0.25, 0.3) is 12.3 Å². The summed E-state index contributed by atoms with van der Waals surface area (Å²) in [5.74, 6) is -0.391. The number of amides is 1. The smallest absolute Gasteiger partial charge is 0.261 e. The van der Waals surface area contributed by atoms with E-state index < -0.39 is 18.9 Å². The molecule has 0 unspecified atom stereocenters. The number of alkyl halides is 2. The van der Waals surface area contributed by atoms with E-state index in [1.54, 1.807) is 0 Å². The van der Waals surface area contributed by atoms with E-state index in [4.69, 9.17) is 11.6 Å². The van der Waals surface area contributed by atoms with Crippen molar-refractivity contribution in [2.24, 2.45) is 0 Å². The van der Waals surface area contributed by atoms with Crippen molar-refractivity contribution in [3.63, 3.8) is 0 Å². The number of hydrogen-bond donors (Lipinski definition) is 1. The Morgan fingerprint density at radius 1 is 1.59 bits per heavy atom. The number of carbonyl (C=O) groups excluding carboxylic acids is 1. The highest BCUT2D eigenvalue weighted by atomic mass is 35.5. The Morgan fingerprint density at radius 2 is 2.35 bits per heavy atom. The van der Waals surface area contributed by atoms with Crippen molar-refractivity contribution in [2.45, 2.75) is 6.43 Å². The van der Waals surface area contributed by atoms with Gasteiger partial charge in [-0.1, -0.05) is 11.6 Å². The van der Waals surface area contributed by atoms with Gasteiger partial charge in [-0.25, -0.2) is 8.78 Å². The number of nitrogens with one attached hydrogen (secondary N) is 1. The van der Waals surface area contributed by atoms with E-state index in [-0.39, 0.29) is 23.7 Å². The molecular formula is C10H11ClF2N2O2. The number of halogens is 3. The van der Waals surface area contributed by atoms with Crippen molar-refractivity contribution in [1.82, 2.24) is 10.3 Å². The lowest BCUT2D eigenvalue weighted by Gasteiger charge is -2.06. The predicted octanol–water partition coefficient (Wildman–Crippen LogP) is 1.75. The van der Waals surface area contributed by atoms with Gasteiger partial charge < -0.3 is 10.1 Å². The van der Waals surface area contributed by atoms with Gasteiger partial charge in [-0.05, 0) is 6.07 Å². The zero-order valence-electron chi connectivity index (χ0n) is 8.83. The van der Waals surface area contributed by atoms with Crippen LogP contribution < -0.4 is 5.32 Å². The summed E-state index contributed by atoms with van der Waals surface area (Å²) in [6, 6.07) is 1.47. The van der Waals surface area contributed by atoms with Crippen LogP contribution in [0.2, 0.25) is 5.02 Å². The minimum Gasteiger partial charge on any atom is -0.374 e. The first-order chi connectivity index (χ1) is 8.11. The average molecular weight is 265 g/mol. The molecular weight excluding hydrogens is 254 g/mol. The first-order valence-electron chi connectivity index (χ1n) is 4.85. The van der Waals surface area contributed by atoms with E-state index in [2.05, 4.69) is 15.0 Å². The van der Waals surface area contributed by atoms with E-state index in [1.807, 2.05) is 0 Å². The van der Waals surface area contributed by atoms with E-state index in [1.165, 1.54) is 18.5 Å². The van der Waals surface area contributed by atoms with Gasteiger partial charge in [0, 0.05) is 18.9 Å². The van der Waals surface area contributed by atoms with Crippen molar-refractivity contribution in [1.29, 1.82) is 0 Å². The molecule has 0 aliphatic carbocycles. The van der Waals surface area contributed by atoms with Crippen LogP contribution in [-0.4, -0.2) is 37.1 Å². The van der Waals surface area contributed by atoms with Crippen molar-refractivity contribution in [2.75, 3.05) is 19.8 Å². The summed E-state index contributed by atoms with van der Waals surface area (Å²) < 4.78 is 28.0. The number of pyridine rings is 1. The maximum absolute atomic E-state index is 11.7. The molecule has 0 fully saturated rings. The maximum Gasteiger partial charge on any atom is 0.261 e. The number of carbonyl (C=O) groups is 1. The highest BCUT2D eigenvalue weighted by molar-refractivity contribution is 6.33. The maximum atomic E-state index is 11.7. The van der Waals surface area contributed by atoms with Crippen LogP contribution in [0.15, 0.2) is 18.5 Å².